The van der Waals surface area contributed by atoms with Gasteiger partial charge in [-0.15, -0.1) is 11.3 Å². The molecular formula is C7H6BrNS. The average Bonchev–Trinajstić information content (AvgIpc) is 2.34. The van der Waals surface area contributed by atoms with Crippen LogP contribution in [0.3, 0.4) is 0 Å². The van der Waals surface area contributed by atoms with Crippen molar-refractivity contribution in [3.05, 3.63) is 32.2 Å². The first kappa shape index (κ1) is 7.77. The molecule has 0 amide bonds. The van der Waals surface area contributed by atoms with Gasteiger partial charge in [-0.2, -0.15) is 0 Å². The molecule has 10 heavy (non-hydrogen) atoms. The highest BCUT2D eigenvalue weighted by atomic mass is 79.9. The van der Waals surface area contributed by atoms with E-state index in [0.29, 0.717) is 0 Å². The Kier molecular flexibility index (Phi) is 2.47. The van der Waals surface area contributed by atoms with Crippen LogP contribution in [-0.4, -0.2) is 0 Å². The number of hydrogen-bond acceptors (Lipinski definition) is 1. The van der Waals surface area contributed by atoms with Crippen molar-refractivity contribution in [1.29, 1.82) is 0 Å². The highest BCUT2D eigenvalue weighted by Crippen LogP contribution is 2.28. The fourth-order valence-electron chi connectivity index (χ4n) is 0.616. The third kappa shape index (κ3) is 1.59. The average molecular weight is 216 g/mol. The highest BCUT2D eigenvalue weighted by Gasteiger charge is 2.09. The molecule has 1 aromatic heterocycles. The monoisotopic (exact) mass is 215 g/mol. The van der Waals surface area contributed by atoms with Gasteiger partial charge >= 0.3 is 0 Å². The number of rotatable bonds is 1. The number of nitrogens with zero attached hydrogens (tertiary/aromatic N) is 1. The molecule has 1 atom stereocenters. The van der Waals surface area contributed by atoms with Gasteiger partial charge in [0.25, 0.3) is 6.04 Å². The minimum absolute atomic E-state index is 0.0105. The molecule has 0 bridgehead atoms. The third-order valence-corrected chi connectivity index (χ3v) is 2.99. The van der Waals surface area contributed by atoms with Gasteiger partial charge in [-0.1, -0.05) is 0 Å². The molecule has 0 fully saturated rings. The third-order valence-electron chi connectivity index (χ3n) is 1.20. The van der Waals surface area contributed by atoms with E-state index < -0.39 is 0 Å². The van der Waals surface area contributed by atoms with Crippen LogP contribution in [-0.2, 0) is 0 Å². The van der Waals surface area contributed by atoms with E-state index in [1.807, 2.05) is 19.1 Å². The lowest BCUT2D eigenvalue weighted by molar-refractivity contribution is 0.991. The minimum atomic E-state index is 0.0105. The molecule has 0 N–H and O–H groups in total. The Balaban J connectivity index is 2.87. The van der Waals surface area contributed by atoms with Crippen LogP contribution in [0.1, 0.15) is 17.8 Å². The maximum absolute atomic E-state index is 6.77. The second kappa shape index (κ2) is 3.18. The quantitative estimate of drug-likeness (QED) is 0.633. The Morgan fingerprint density at radius 1 is 1.70 bits per heavy atom. The first-order chi connectivity index (χ1) is 4.74. The molecule has 52 valence electrons. The largest absolute Gasteiger partial charge is 0.308 e. The van der Waals surface area contributed by atoms with Crippen LogP contribution < -0.4 is 0 Å². The van der Waals surface area contributed by atoms with Gasteiger partial charge in [-0.3, -0.25) is 0 Å². The van der Waals surface area contributed by atoms with Crippen LogP contribution in [0, 0.1) is 6.57 Å². The molecule has 1 nitrogen and oxygen atoms in total. The summed E-state index contributed by atoms with van der Waals surface area (Å²) < 4.78 is 1.10. The molecular weight excluding hydrogens is 210 g/mol. The van der Waals surface area contributed by atoms with E-state index in [2.05, 4.69) is 20.8 Å². The zero-order valence-corrected chi connectivity index (χ0v) is 7.87. The van der Waals surface area contributed by atoms with E-state index in [9.17, 15) is 0 Å². The van der Waals surface area contributed by atoms with E-state index >= 15 is 0 Å². The van der Waals surface area contributed by atoms with Crippen molar-refractivity contribution in [2.75, 3.05) is 0 Å². The molecule has 0 saturated heterocycles. The second-order valence-corrected chi connectivity index (χ2v) is 4.44. The van der Waals surface area contributed by atoms with Gasteiger partial charge in [0.05, 0.1) is 8.66 Å². The summed E-state index contributed by atoms with van der Waals surface area (Å²) in [6, 6.07) is 3.97. The molecule has 0 aliphatic heterocycles. The first-order valence-corrected chi connectivity index (χ1v) is 4.47. The molecule has 0 radical (unpaired) electrons. The Labute approximate surface area is 72.6 Å². The zero-order valence-electron chi connectivity index (χ0n) is 5.47. The van der Waals surface area contributed by atoms with Crippen molar-refractivity contribution >= 4 is 27.3 Å². The summed E-state index contributed by atoms with van der Waals surface area (Å²) >= 11 is 4.97. The van der Waals surface area contributed by atoms with Crippen LogP contribution in [0.4, 0.5) is 0 Å². The van der Waals surface area contributed by atoms with Crippen molar-refractivity contribution in [2.45, 2.75) is 13.0 Å². The molecule has 1 rings (SSSR count). The van der Waals surface area contributed by atoms with Gasteiger partial charge in [0, 0.05) is 6.92 Å². The van der Waals surface area contributed by atoms with Gasteiger partial charge in [-0.05, 0) is 28.1 Å². The first-order valence-electron chi connectivity index (χ1n) is 2.86. The summed E-state index contributed by atoms with van der Waals surface area (Å²) in [6.45, 7) is 8.68. The van der Waals surface area contributed by atoms with E-state index in [0.717, 1.165) is 8.66 Å². The van der Waals surface area contributed by atoms with Crippen LogP contribution >= 0.6 is 27.3 Å². The molecule has 0 spiro atoms. The number of hydrogen-bond donors (Lipinski definition) is 0. The van der Waals surface area contributed by atoms with Gasteiger partial charge in [0.1, 0.15) is 0 Å². The summed E-state index contributed by atoms with van der Waals surface area (Å²) in [7, 11) is 0. The predicted molar refractivity (Wildman–Crippen MR) is 47.0 cm³/mol. The summed E-state index contributed by atoms with van der Waals surface area (Å²) in [5.41, 5.74) is 0. The highest BCUT2D eigenvalue weighted by molar-refractivity contribution is 9.11. The van der Waals surface area contributed by atoms with Crippen molar-refractivity contribution in [3.8, 4) is 0 Å². The number of thiophene rings is 1. The molecule has 0 saturated carbocycles. The van der Waals surface area contributed by atoms with E-state index in [1.165, 1.54) is 0 Å². The van der Waals surface area contributed by atoms with Gasteiger partial charge in [0.15, 0.2) is 0 Å². The van der Waals surface area contributed by atoms with Crippen molar-refractivity contribution in [2.24, 2.45) is 0 Å². The lowest BCUT2D eigenvalue weighted by atomic mass is 10.3. The van der Waals surface area contributed by atoms with E-state index in [1.54, 1.807) is 11.3 Å². The smallest absolute Gasteiger partial charge is 0.255 e. The van der Waals surface area contributed by atoms with Gasteiger partial charge in [-0.25, -0.2) is 6.57 Å². The fraction of sp³-hybridized carbons (Fsp3) is 0.286. The topological polar surface area (TPSA) is 4.36 Å². The van der Waals surface area contributed by atoms with Crippen LogP contribution in [0.2, 0.25) is 0 Å². The van der Waals surface area contributed by atoms with Crippen LogP contribution in [0.25, 0.3) is 4.85 Å². The van der Waals surface area contributed by atoms with Crippen molar-refractivity contribution < 1.29 is 0 Å². The predicted octanol–water partition coefficient (Wildman–Crippen LogP) is 3.49. The van der Waals surface area contributed by atoms with Crippen LogP contribution in [0.5, 0.6) is 0 Å². The molecule has 0 aliphatic rings. The van der Waals surface area contributed by atoms with Crippen molar-refractivity contribution in [3.63, 3.8) is 0 Å². The summed E-state index contributed by atoms with van der Waals surface area (Å²) in [5.74, 6) is 0. The molecule has 0 aliphatic carbocycles. The van der Waals surface area contributed by atoms with E-state index in [-0.39, 0.29) is 6.04 Å². The maximum Gasteiger partial charge on any atom is 0.255 e. The van der Waals surface area contributed by atoms with Crippen molar-refractivity contribution in [1.82, 2.24) is 0 Å². The standard InChI is InChI=1S/C7H6BrNS/c1-5(9-2)6-3-4-7(8)10-6/h3-5H,1H3. The Morgan fingerprint density at radius 2 is 2.40 bits per heavy atom. The van der Waals surface area contributed by atoms with Gasteiger partial charge in [0.2, 0.25) is 0 Å². The summed E-state index contributed by atoms with van der Waals surface area (Å²) in [6.07, 6.45) is 0. The number of halogens is 1. The maximum atomic E-state index is 6.77. The lowest BCUT2D eigenvalue weighted by Crippen LogP contribution is -1.77. The fourth-order valence-corrected chi connectivity index (χ4v) is 2.03. The summed E-state index contributed by atoms with van der Waals surface area (Å²) in [5, 5.41) is 0. The second-order valence-electron chi connectivity index (χ2n) is 1.95. The van der Waals surface area contributed by atoms with E-state index in [4.69, 9.17) is 6.57 Å². The van der Waals surface area contributed by atoms with Gasteiger partial charge < -0.3 is 4.85 Å². The molecule has 1 heterocycles. The Morgan fingerprint density at radius 3 is 2.80 bits per heavy atom. The Bertz CT molecular complexity index is 261. The lowest BCUT2D eigenvalue weighted by Gasteiger charge is -1.89. The molecule has 3 heteroatoms. The summed E-state index contributed by atoms with van der Waals surface area (Å²) in [4.78, 5) is 4.54. The Hall–Kier alpha value is -0.330. The SMILES string of the molecule is [C-]#[N+]C(C)c1ccc(Br)s1. The molecule has 0 aromatic carbocycles. The normalized spacial score (nSPS) is 12.5. The zero-order chi connectivity index (χ0) is 7.56. The van der Waals surface area contributed by atoms with Crippen LogP contribution in [0.15, 0.2) is 15.9 Å². The molecule has 1 aromatic rings. The minimum Gasteiger partial charge on any atom is -0.308 e. The molecule has 1 unspecified atom stereocenters.